The third-order valence-corrected chi connectivity index (χ3v) is 5.76. The van der Waals surface area contributed by atoms with Gasteiger partial charge in [0, 0.05) is 58.8 Å². The lowest BCUT2D eigenvalue weighted by molar-refractivity contribution is -0.132. The van der Waals surface area contributed by atoms with Gasteiger partial charge in [-0.25, -0.2) is 0 Å². The number of rotatable bonds is 12. The maximum Gasteiger partial charge on any atom is 0.222 e. The number of amides is 1. The van der Waals surface area contributed by atoms with Gasteiger partial charge in [0.1, 0.15) is 0 Å². The van der Waals surface area contributed by atoms with Crippen LogP contribution in [0.2, 0.25) is 0 Å². The van der Waals surface area contributed by atoms with E-state index in [4.69, 9.17) is 9.47 Å². The van der Waals surface area contributed by atoms with Gasteiger partial charge < -0.3 is 14.4 Å². The van der Waals surface area contributed by atoms with Crippen molar-refractivity contribution in [2.24, 2.45) is 11.8 Å². The smallest absolute Gasteiger partial charge is 0.222 e. The molecule has 2 saturated heterocycles. The highest BCUT2D eigenvalue weighted by Gasteiger charge is 2.22. The summed E-state index contributed by atoms with van der Waals surface area (Å²) < 4.78 is 10.9. The Morgan fingerprint density at radius 1 is 0.857 bits per heavy atom. The molecule has 0 aromatic carbocycles. The maximum absolute atomic E-state index is 12.9. The number of hydrogen-bond acceptors (Lipinski definition) is 5. The molecule has 28 heavy (non-hydrogen) atoms. The van der Waals surface area contributed by atoms with Gasteiger partial charge in [-0.1, -0.05) is 33.6 Å². The van der Waals surface area contributed by atoms with Crippen LogP contribution in [0.1, 0.15) is 46.5 Å². The fourth-order valence-corrected chi connectivity index (χ4v) is 4.28. The minimum Gasteiger partial charge on any atom is -0.379 e. The highest BCUT2D eigenvalue weighted by Crippen LogP contribution is 2.13. The second kappa shape index (κ2) is 13.5. The second-order valence-corrected chi connectivity index (χ2v) is 8.79. The Bertz CT molecular complexity index is 395. The lowest BCUT2D eigenvalue weighted by atomic mass is 10.1. The number of ether oxygens (including phenoxy) is 2. The summed E-state index contributed by atoms with van der Waals surface area (Å²) in [4.78, 5) is 20.0. The third kappa shape index (κ3) is 9.21. The number of morpholine rings is 2. The first kappa shape index (κ1) is 23.6. The van der Waals surface area contributed by atoms with Crippen LogP contribution >= 0.6 is 0 Å². The summed E-state index contributed by atoms with van der Waals surface area (Å²) in [5.41, 5.74) is 0. The quantitative estimate of drug-likeness (QED) is 0.473. The summed E-state index contributed by atoms with van der Waals surface area (Å²) in [6, 6.07) is 0. The van der Waals surface area contributed by atoms with Crippen molar-refractivity contribution in [1.29, 1.82) is 0 Å². The molecule has 2 heterocycles. The van der Waals surface area contributed by atoms with E-state index >= 15 is 0 Å². The van der Waals surface area contributed by atoms with Gasteiger partial charge in [0.15, 0.2) is 0 Å². The minimum absolute atomic E-state index is 0.344. The Kier molecular flexibility index (Phi) is 11.4. The highest BCUT2D eigenvalue weighted by molar-refractivity contribution is 5.76. The summed E-state index contributed by atoms with van der Waals surface area (Å²) in [6.07, 6.45) is 4.02. The van der Waals surface area contributed by atoms with Gasteiger partial charge in [-0.3, -0.25) is 14.6 Å². The molecule has 2 fully saturated rings. The van der Waals surface area contributed by atoms with Crippen LogP contribution in [0.4, 0.5) is 0 Å². The number of carbonyl (C=O) groups is 1. The normalized spacial score (nSPS) is 21.4. The predicted molar refractivity (Wildman–Crippen MR) is 114 cm³/mol. The van der Waals surface area contributed by atoms with E-state index in [0.717, 1.165) is 98.0 Å². The van der Waals surface area contributed by atoms with Crippen LogP contribution in [0.15, 0.2) is 0 Å². The first-order valence-corrected chi connectivity index (χ1v) is 11.5. The summed E-state index contributed by atoms with van der Waals surface area (Å²) in [6.45, 7) is 18.0. The van der Waals surface area contributed by atoms with Crippen molar-refractivity contribution in [2.45, 2.75) is 46.5 Å². The molecule has 0 aromatic rings. The Labute approximate surface area is 172 Å². The zero-order valence-electron chi connectivity index (χ0n) is 18.5. The van der Waals surface area contributed by atoms with Gasteiger partial charge in [-0.2, -0.15) is 0 Å². The van der Waals surface area contributed by atoms with Crippen LogP contribution in [-0.2, 0) is 14.3 Å². The molecular formula is C22H43N3O3. The van der Waals surface area contributed by atoms with Gasteiger partial charge in [0.05, 0.1) is 26.4 Å². The van der Waals surface area contributed by atoms with Crippen molar-refractivity contribution < 1.29 is 14.3 Å². The average Bonchev–Trinajstić information content (AvgIpc) is 2.69. The first-order valence-electron chi connectivity index (χ1n) is 11.5. The SMILES string of the molecule is CCCCCC(=O)N(CC(C)CN1CCOCC1)CC(C)CN1CCOCC1. The molecule has 6 nitrogen and oxygen atoms in total. The van der Waals surface area contributed by atoms with Crippen molar-refractivity contribution in [3.05, 3.63) is 0 Å². The Morgan fingerprint density at radius 2 is 1.32 bits per heavy atom. The van der Waals surface area contributed by atoms with Gasteiger partial charge in [0.25, 0.3) is 0 Å². The van der Waals surface area contributed by atoms with E-state index in [-0.39, 0.29) is 0 Å². The standard InChI is InChI=1S/C22H43N3O3/c1-4-5-6-7-22(26)25(18-20(2)16-23-8-12-27-13-9-23)19-21(3)17-24-10-14-28-15-11-24/h20-21H,4-19H2,1-3H3. The maximum atomic E-state index is 12.9. The molecule has 6 heteroatoms. The van der Waals surface area contributed by atoms with E-state index in [2.05, 4.69) is 35.5 Å². The molecule has 2 atom stereocenters. The number of carbonyl (C=O) groups excluding carboxylic acids is 1. The van der Waals surface area contributed by atoms with Crippen molar-refractivity contribution in [1.82, 2.24) is 14.7 Å². The zero-order chi connectivity index (χ0) is 20.2. The lowest BCUT2D eigenvalue weighted by Gasteiger charge is -2.34. The third-order valence-electron chi connectivity index (χ3n) is 5.76. The highest BCUT2D eigenvalue weighted by atomic mass is 16.5. The van der Waals surface area contributed by atoms with Crippen molar-refractivity contribution in [3.63, 3.8) is 0 Å². The number of nitrogens with zero attached hydrogens (tertiary/aromatic N) is 3. The fourth-order valence-electron chi connectivity index (χ4n) is 4.28. The molecular weight excluding hydrogens is 354 g/mol. The van der Waals surface area contributed by atoms with Gasteiger partial charge in [0.2, 0.25) is 5.91 Å². The molecule has 2 unspecified atom stereocenters. The topological polar surface area (TPSA) is 45.2 Å². The predicted octanol–water partition coefficient (Wildman–Crippen LogP) is 2.33. The zero-order valence-corrected chi connectivity index (χ0v) is 18.5. The van der Waals surface area contributed by atoms with E-state index in [9.17, 15) is 4.79 Å². The van der Waals surface area contributed by atoms with Crippen LogP contribution < -0.4 is 0 Å². The van der Waals surface area contributed by atoms with Crippen LogP contribution in [0.3, 0.4) is 0 Å². The number of unbranched alkanes of at least 4 members (excludes halogenated alkanes) is 2. The average molecular weight is 398 g/mol. The summed E-state index contributed by atoms with van der Waals surface area (Å²) in [5.74, 6) is 1.32. The molecule has 0 bridgehead atoms. The molecule has 0 radical (unpaired) electrons. The van der Waals surface area contributed by atoms with Crippen molar-refractivity contribution in [2.75, 3.05) is 78.8 Å². The molecule has 0 N–H and O–H groups in total. The molecule has 1 amide bonds. The number of hydrogen-bond donors (Lipinski definition) is 0. The monoisotopic (exact) mass is 397 g/mol. The Hall–Kier alpha value is -0.690. The van der Waals surface area contributed by atoms with E-state index in [1.54, 1.807) is 0 Å². The minimum atomic E-state index is 0.344. The largest absolute Gasteiger partial charge is 0.379 e. The van der Waals surface area contributed by atoms with Gasteiger partial charge in [-0.05, 0) is 18.3 Å². The van der Waals surface area contributed by atoms with Gasteiger partial charge in [-0.15, -0.1) is 0 Å². The summed E-state index contributed by atoms with van der Waals surface area (Å²) >= 11 is 0. The molecule has 2 aliphatic rings. The molecule has 0 aliphatic carbocycles. The molecule has 0 saturated carbocycles. The summed E-state index contributed by atoms with van der Waals surface area (Å²) in [5, 5.41) is 0. The van der Waals surface area contributed by atoms with Crippen LogP contribution in [-0.4, -0.2) is 99.4 Å². The molecule has 2 rings (SSSR count). The molecule has 164 valence electrons. The van der Waals surface area contributed by atoms with E-state index < -0.39 is 0 Å². The van der Waals surface area contributed by atoms with Crippen LogP contribution in [0, 0.1) is 11.8 Å². The van der Waals surface area contributed by atoms with Crippen LogP contribution in [0.25, 0.3) is 0 Å². The van der Waals surface area contributed by atoms with E-state index in [0.29, 0.717) is 24.2 Å². The molecule has 2 aliphatic heterocycles. The lowest BCUT2D eigenvalue weighted by Crippen LogP contribution is -2.45. The fraction of sp³-hybridized carbons (Fsp3) is 0.955. The van der Waals surface area contributed by atoms with E-state index in [1.165, 1.54) is 0 Å². The summed E-state index contributed by atoms with van der Waals surface area (Å²) in [7, 11) is 0. The Morgan fingerprint density at radius 3 is 1.75 bits per heavy atom. The molecule has 0 spiro atoms. The van der Waals surface area contributed by atoms with Crippen LogP contribution in [0.5, 0.6) is 0 Å². The second-order valence-electron chi connectivity index (χ2n) is 8.79. The van der Waals surface area contributed by atoms with Crippen molar-refractivity contribution >= 4 is 5.91 Å². The van der Waals surface area contributed by atoms with Gasteiger partial charge >= 0.3 is 0 Å². The first-order chi connectivity index (χ1) is 13.6. The molecule has 0 aromatic heterocycles. The Balaban J connectivity index is 1.84. The van der Waals surface area contributed by atoms with E-state index in [1.807, 2.05) is 0 Å². The van der Waals surface area contributed by atoms with Crippen molar-refractivity contribution in [3.8, 4) is 0 Å².